The number of hydrogen-bond donors (Lipinski definition) is 2. The summed E-state index contributed by atoms with van der Waals surface area (Å²) in [6.45, 7) is 3.56. The first-order valence-electron chi connectivity index (χ1n) is 8.98. The summed E-state index contributed by atoms with van der Waals surface area (Å²) >= 11 is 5.90. The summed E-state index contributed by atoms with van der Waals surface area (Å²) in [5.41, 5.74) is 1.01. The fourth-order valence-corrected chi connectivity index (χ4v) is 3.93. The first kappa shape index (κ1) is 21.2. The molecule has 26 heavy (non-hydrogen) atoms. The fraction of sp³-hybridized carbons (Fsp3) is 0.611. The summed E-state index contributed by atoms with van der Waals surface area (Å²) in [7, 11) is -3.17. The number of sulfonamides is 1. The molecule has 0 bridgehead atoms. The zero-order valence-corrected chi connectivity index (χ0v) is 16.9. The number of halogens is 1. The quantitative estimate of drug-likeness (QED) is 0.700. The highest BCUT2D eigenvalue weighted by Crippen LogP contribution is 2.20. The minimum Gasteiger partial charge on any atom is -0.348 e. The number of rotatable bonds is 8. The van der Waals surface area contributed by atoms with Crippen molar-refractivity contribution in [3.8, 4) is 0 Å². The van der Waals surface area contributed by atoms with Gasteiger partial charge in [0.15, 0.2) is 0 Å². The second-order valence-electron chi connectivity index (χ2n) is 6.92. The Balaban J connectivity index is 1.85. The molecule has 146 valence electrons. The predicted octanol–water partition coefficient (Wildman–Crippen LogP) is 2.31. The molecule has 1 saturated heterocycles. The zero-order valence-electron chi connectivity index (χ0n) is 15.4. The van der Waals surface area contributed by atoms with Gasteiger partial charge in [0.1, 0.15) is 0 Å². The molecule has 1 heterocycles. The third-order valence-electron chi connectivity index (χ3n) is 4.69. The number of benzene rings is 1. The highest BCUT2D eigenvalue weighted by atomic mass is 35.5. The lowest BCUT2D eigenvalue weighted by molar-refractivity contribution is -0.123. The van der Waals surface area contributed by atoms with E-state index >= 15 is 0 Å². The molecule has 1 aliphatic heterocycles. The molecule has 0 aliphatic carbocycles. The maximum absolute atomic E-state index is 12.5. The normalized spacial score (nSPS) is 19.9. The van der Waals surface area contributed by atoms with Crippen LogP contribution in [0.15, 0.2) is 24.3 Å². The monoisotopic (exact) mass is 401 g/mol. The van der Waals surface area contributed by atoms with E-state index in [0.29, 0.717) is 24.5 Å². The molecular formula is C18H28ClN3O3S. The number of nitrogens with one attached hydrogen (secondary N) is 2. The molecule has 0 radical (unpaired) electrons. The summed E-state index contributed by atoms with van der Waals surface area (Å²) in [6.07, 6.45) is 5.05. The van der Waals surface area contributed by atoms with Gasteiger partial charge in [-0.3, -0.25) is 9.69 Å². The molecule has 6 nitrogen and oxygen atoms in total. The average Bonchev–Trinajstić information content (AvgIpc) is 2.55. The molecular weight excluding hydrogens is 374 g/mol. The smallest absolute Gasteiger partial charge is 0.234 e. The van der Waals surface area contributed by atoms with Crippen LogP contribution >= 0.6 is 11.6 Å². The number of carbonyl (C=O) groups excluding carboxylic acids is 1. The maximum Gasteiger partial charge on any atom is 0.234 e. The SMILES string of the molecule is CC(NC(=O)CN1CCCCC1CCNS(C)(=O)=O)c1ccc(Cl)cc1. The predicted molar refractivity (Wildman–Crippen MR) is 105 cm³/mol. The van der Waals surface area contributed by atoms with Gasteiger partial charge in [-0.25, -0.2) is 13.1 Å². The Kier molecular flexibility index (Phi) is 7.88. The van der Waals surface area contributed by atoms with Crippen molar-refractivity contribution in [2.24, 2.45) is 0 Å². The van der Waals surface area contributed by atoms with E-state index in [1.807, 2.05) is 31.2 Å². The molecule has 0 aromatic heterocycles. The molecule has 8 heteroatoms. The van der Waals surface area contributed by atoms with E-state index in [0.717, 1.165) is 37.6 Å². The Morgan fingerprint density at radius 2 is 2.00 bits per heavy atom. The Morgan fingerprint density at radius 1 is 1.31 bits per heavy atom. The van der Waals surface area contributed by atoms with Gasteiger partial charge < -0.3 is 5.32 Å². The lowest BCUT2D eigenvalue weighted by atomic mass is 9.99. The van der Waals surface area contributed by atoms with Gasteiger partial charge in [-0.2, -0.15) is 0 Å². The van der Waals surface area contributed by atoms with Gasteiger partial charge in [-0.1, -0.05) is 30.2 Å². The summed E-state index contributed by atoms with van der Waals surface area (Å²) < 4.78 is 25.0. The Morgan fingerprint density at radius 3 is 2.65 bits per heavy atom. The van der Waals surface area contributed by atoms with Crippen LogP contribution in [0.2, 0.25) is 5.02 Å². The van der Waals surface area contributed by atoms with E-state index in [2.05, 4.69) is 14.9 Å². The molecule has 1 aliphatic rings. The molecule has 0 spiro atoms. The first-order chi connectivity index (χ1) is 12.2. The summed E-state index contributed by atoms with van der Waals surface area (Å²) in [6, 6.07) is 7.59. The highest BCUT2D eigenvalue weighted by molar-refractivity contribution is 7.88. The third-order valence-corrected chi connectivity index (χ3v) is 5.67. The lowest BCUT2D eigenvalue weighted by Gasteiger charge is -2.35. The summed E-state index contributed by atoms with van der Waals surface area (Å²) in [5.74, 6) is -0.0181. The van der Waals surface area contributed by atoms with Gasteiger partial charge in [0.2, 0.25) is 15.9 Å². The molecule has 2 atom stereocenters. The van der Waals surface area contributed by atoms with Crippen molar-refractivity contribution >= 4 is 27.5 Å². The van der Waals surface area contributed by atoms with Crippen molar-refractivity contribution < 1.29 is 13.2 Å². The van der Waals surface area contributed by atoms with Crippen LogP contribution in [-0.4, -0.2) is 51.2 Å². The number of likely N-dealkylation sites (tertiary alicyclic amines) is 1. The topological polar surface area (TPSA) is 78.5 Å². The number of nitrogens with zero attached hydrogens (tertiary/aromatic N) is 1. The summed E-state index contributed by atoms with van der Waals surface area (Å²) in [5, 5.41) is 3.70. The van der Waals surface area contributed by atoms with E-state index in [-0.39, 0.29) is 18.0 Å². The molecule has 1 fully saturated rings. The number of amides is 1. The third kappa shape index (κ3) is 7.23. The van der Waals surface area contributed by atoms with Gasteiger partial charge in [0, 0.05) is 17.6 Å². The highest BCUT2D eigenvalue weighted by Gasteiger charge is 2.24. The second kappa shape index (κ2) is 9.69. The first-order valence-corrected chi connectivity index (χ1v) is 11.2. The van der Waals surface area contributed by atoms with Crippen molar-refractivity contribution in [3.63, 3.8) is 0 Å². The fourth-order valence-electron chi connectivity index (χ4n) is 3.31. The Bertz CT molecular complexity index is 694. The van der Waals surface area contributed by atoms with Crippen LogP contribution in [-0.2, 0) is 14.8 Å². The van der Waals surface area contributed by atoms with Crippen molar-refractivity contribution in [1.82, 2.24) is 14.9 Å². The minimum atomic E-state index is -3.17. The molecule has 2 unspecified atom stereocenters. The van der Waals surface area contributed by atoms with Crippen molar-refractivity contribution in [2.75, 3.05) is 25.9 Å². The molecule has 1 aromatic carbocycles. The Hall–Kier alpha value is -1.15. The van der Waals surface area contributed by atoms with Crippen LogP contribution in [0.3, 0.4) is 0 Å². The van der Waals surface area contributed by atoms with E-state index < -0.39 is 10.0 Å². The number of hydrogen-bond acceptors (Lipinski definition) is 4. The van der Waals surface area contributed by atoms with Crippen molar-refractivity contribution in [1.29, 1.82) is 0 Å². The maximum atomic E-state index is 12.5. The number of carbonyl (C=O) groups is 1. The van der Waals surface area contributed by atoms with E-state index in [4.69, 9.17) is 11.6 Å². The van der Waals surface area contributed by atoms with Crippen LogP contribution in [0.1, 0.15) is 44.2 Å². The zero-order chi connectivity index (χ0) is 19.2. The molecule has 1 aromatic rings. The van der Waals surface area contributed by atoms with Gasteiger partial charge in [0.05, 0.1) is 18.8 Å². The lowest BCUT2D eigenvalue weighted by Crippen LogP contribution is -2.47. The van der Waals surface area contributed by atoms with Crippen molar-refractivity contribution in [2.45, 2.75) is 44.7 Å². The number of piperidine rings is 1. The minimum absolute atomic E-state index is 0.0181. The van der Waals surface area contributed by atoms with Gasteiger partial charge >= 0.3 is 0 Å². The molecule has 1 amide bonds. The van der Waals surface area contributed by atoms with E-state index in [9.17, 15) is 13.2 Å². The van der Waals surface area contributed by atoms with E-state index in [1.54, 1.807) is 0 Å². The van der Waals surface area contributed by atoms with Gasteiger partial charge in [-0.05, 0) is 50.4 Å². The van der Waals surface area contributed by atoms with E-state index in [1.165, 1.54) is 0 Å². The molecule has 2 N–H and O–H groups in total. The van der Waals surface area contributed by atoms with Crippen LogP contribution in [0.5, 0.6) is 0 Å². The standard InChI is InChI=1S/C18H28ClN3O3S/c1-14(15-6-8-16(19)9-7-15)21-18(23)13-22-12-4-3-5-17(22)10-11-20-26(2,24)25/h6-9,14,17,20H,3-5,10-13H2,1-2H3,(H,21,23). The summed E-state index contributed by atoms with van der Waals surface area (Å²) in [4.78, 5) is 14.6. The average molecular weight is 402 g/mol. The van der Waals surface area contributed by atoms with Gasteiger partial charge in [-0.15, -0.1) is 0 Å². The second-order valence-corrected chi connectivity index (χ2v) is 9.19. The largest absolute Gasteiger partial charge is 0.348 e. The molecule has 0 saturated carbocycles. The van der Waals surface area contributed by atoms with Crippen LogP contribution in [0, 0.1) is 0 Å². The van der Waals surface area contributed by atoms with Crippen molar-refractivity contribution in [3.05, 3.63) is 34.9 Å². The van der Waals surface area contributed by atoms with Crippen LogP contribution in [0.4, 0.5) is 0 Å². The van der Waals surface area contributed by atoms with Crippen LogP contribution < -0.4 is 10.0 Å². The van der Waals surface area contributed by atoms with Gasteiger partial charge in [0.25, 0.3) is 0 Å². The van der Waals surface area contributed by atoms with Crippen LogP contribution in [0.25, 0.3) is 0 Å². The Labute approximate surface area is 161 Å². The molecule has 2 rings (SSSR count).